The fourth-order valence-corrected chi connectivity index (χ4v) is 4.29. The minimum absolute atomic E-state index is 0.156. The van der Waals surface area contributed by atoms with E-state index in [9.17, 15) is 13.8 Å². The van der Waals surface area contributed by atoms with E-state index in [0.29, 0.717) is 9.80 Å². The molecule has 26 heavy (non-hydrogen) atoms. The number of rotatable bonds is 7. The van der Waals surface area contributed by atoms with Crippen molar-refractivity contribution in [3.05, 3.63) is 41.3 Å². The number of methoxy groups -OCH3 is 1. The molecule has 1 aliphatic carbocycles. The maximum atomic E-state index is 12.9. The van der Waals surface area contributed by atoms with E-state index >= 15 is 0 Å². The summed E-state index contributed by atoms with van der Waals surface area (Å²) >= 11 is 0. The van der Waals surface area contributed by atoms with Crippen molar-refractivity contribution in [3.63, 3.8) is 0 Å². The Morgan fingerprint density at radius 2 is 1.69 bits per heavy atom. The average molecular weight is 380 g/mol. The van der Waals surface area contributed by atoms with E-state index in [4.69, 9.17) is 14.2 Å². The maximum absolute atomic E-state index is 12.9. The number of esters is 2. The van der Waals surface area contributed by atoms with Crippen LogP contribution in [-0.2, 0) is 34.6 Å². The number of ether oxygens (including phenoxy) is 3. The largest absolute Gasteiger partial charge is 0.466 e. The summed E-state index contributed by atoms with van der Waals surface area (Å²) in [6.07, 6.45) is 1.12. The molecule has 2 rings (SSSR count). The van der Waals surface area contributed by atoms with Gasteiger partial charge >= 0.3 is 11.9 Å². The predicted octanol–water partition coefficient (Wildman–Crippen LogP) is 2.46. The van der Waals surface area contributed by atoms with Crippen LogP contribution in [0.4, 0.5) is 0 Å². The van der Waals surface area contributed by atoms with Crippen molar-refractivity contribution in [1.82, 2.24) is 0 Å². The van der Waals surface area contributed by atoms with Crippen molar-refractivity contribution < 1.29 is 28.0 Å². The third-order valence-electron chi connectivity index (χ3n) is 4.17. The molecule has 1 unspecified atom stereocenters. The van der Waals surface area contributed by atoms with E-state index in [1.54, 1.807) is 44.2 Å². The topological polar surface area (TPSA) is 78.9 Å². The summed E-state index contributed by atoms with van der Waals surface area (Å²) in [5, 5.41) is 0. The Morgan fingerprint density at radius 1 is 1.08 bits per heavy atom. The van der Waals surface area contributed by atoms with Crippen LogP contribution in [0.15, 0.2) is 46.2 Å². The van der Waals surface area contributed by atoms with Crippen molar-refractivity contribution in [3.8, 4) is 0 Å². The summed E-state index contributed by atoms with van der Waals surface area (Å²) in [6.45, 7) is 3.80. The van der Waals surface area contributed by atoms with E-state index < -0.39 is 40.7 Å². The fourth-order valence-electron chi connectivity index (χ4n) is 2.99. The van der Waals surface area contributed by atoms with Crippen LogP contribution in [-0.4, -0.2) is 42.6 Å². The highest BCUT2D eigenvalue weighted by molar-refractivity contribution is 7.89. The molecule has 0 saturated heterocycles. The van der Waals surface area contributed by atoms with Crippen molar-refractivity contribution in [1.29, 1.82) is 0 Å². The summed E-state index contributed by atoms with van der Waals surface area (Å²) in [5.74, 6) is -2.65. The highest BCUT2D eigenvalue weighted by Crippen LogP contribution is 2.36. The molecular weight excluding hydrogens is 356 g/mol. The van der Waals surface area contributed by atoms with Gasteiger partial charge in [-0.25, -0.2) is 4.21 Å². The number of carbonyl (C=O) groups is 2. The number of benzene rings is 1. The Balaban J connectivity index is 2.38. The molecule has 0 aromatic heterocycles. The maximum Gasteiger partial charge on any atom is 0.312 e. The summed E-state index contributed by atoms with van der Waals surface area (Å²) in [4.78, 5) is 26.1. The first-order valence-corrected chi connectivity index (χ1v) is 9.72. The molecular formula is C19H24O6S. The average Bonchev–Trinajstić information content (AvgIpc) is 2.67. The van der Waals surface area contributed by atoms with Crippen molar-refractivity contribution >= 4 is 22.7 Å². The van der Waals surface area contributed by atoms with E-state index in [0.717, 1.165) is 0 Å². The predicted molar refractivity (Wildman–Crippen MR) is 96.6 cm³/mol. The Kier molecular flexibility index (Phi) is 7.53. The van der Waals surface area contributed by atoms with Gasteiger partial charge in [-0.3, -0.25) is 9.59 Å². The van der Waals surface area contributed by atoms with Gasteiger partial charge < -0.3 is 14.2 Å². The lowest BCUT2D eigenvalue weighted by molar-refractivity contribution is -0.165. The van der Waals surface area contributed by atoms with Gasteiger partial charge in [-0.2, -0.15) is 0 Å². The lowest BCUT2D eigenvalue weighted by Crippen LogP contribution is -2.43. The quantitative estimate of drug-likeness (QED) is 0.676. The summed E-state index contributed by atoms with van der Waals surface area (Å²) < 4.78 is 28.6. The molecule has 1 aromatic carbocycles. The van der Waals surface area contributed by atoms with Gasteiger partial charge in [0.15, 0.2) is 0 Å². The lowest BCUT2D eigenvalue weighted by atomic mass is 9.80. The van der Waals surface area contributed by atoms with E-state index in [1.807, 2.05) is 6.07 Å². The zero-order chi connectivity index (χ0) is 19.1. The molecule has 0 aliphatic heterocycles. The smallest absolute Gasteiger partial charge is 0.312 e. The molecule has 7 heteroatoms. The van der Waals surface area contributed by atoms with Crippen LogP contribution in [0.5, 0.6) is 0 Å². The SMILES string of the molecule is CCOC(=O)[C@H]1[C@H](OC)C=C(S(=O)c2ccccc2)C[C@H]1C(=O)OCC. The Hall–Kier alpha value is -1.99. The molecule has 0 heterocycles. The molecule has 0 bridgehead atoms. The van der Waals surface area contributed by atoms with Crippen LogP contribution in [0.25, 0.3) is 0 Å². The van der Waals surface area contributed by atoms with E-state index in [-0.39, 0.29) is 19.6 Å². The molecule has 0 amide bonds. The summed E-state index contributed by atoms with van der Waals surface area (Å²) in [6, 6.07) is 8.96. The van der Waals surface area contributed by atoms with Crippen LogP contribution in [0, 0.1) is 11.8 Å². The van der Waals surface area contributed by atoms with Crippen LogP contribution >= 0.6 is 0 Å². The highest BCUT2D eigenvalue weighted by atomic mass is 32.2. The van der Waals surface area contributed by atoms with Crippen molar-refractivity contribution in [2.75, 3.05) is 20.3 Å². The first kappa shape index (κ1) is 20.3. The number of carbonyl (C=O) groups excluding carboxylic acids is 2. The molecule has 142 valence electrons. The van der Waals surface area contributed by atoms with Crippen molar-refractivity contribution in [2.45, 2.75) is 31.3 Å². The molecule has 0 radical (unpaired) electrons. The van der Waals surface area contributed by atoms with Gasteiger partial charge in [0.25, 0.3) is 0 Å². The minimum Gasteiger partial charge on any atom is -0.466 e. The van der Waals surface area contributed by atoms with E-state index in [1.165, 1.54) is 7.11 Å². The summed E-state index contributed by atoms with van der Waals surface area (Å²) in [5.41, 5.74) is 0. The normalized spacial score (nSPS) is 23.7. The Bertz CT molecular complexity index is 685. The second-order valence-electron chi connectivity index (χ2n) is 5.76. The van der Waals surface area contributed by atoms with Gasteiger partial charge in [0.2, 0.25) is 0 Å². The first-order valence-electron chi connectivity index (χ1n) is 8.57. The number of allylic oxidation sites excluding steroid dienone is 1. The molecule has 1 aromatic rings. The third-order valence-corrected chi connectivity index (χ3v) is 5.65. The van der Waals surface area contributed by atoms with Gasteiger partial charge in [-0.1, -0.05) is 18.2 Å². The van der Waals surface area contributed by atoms with Crippen LogP contribution in [0.2, 0.25) is 0 Å². The lowest BCUT2D eigenvalue weighted by Gasteiger charge is -2.33. The summed E-state index contributed by atoms with van der Waals surface area (Å²) in [7, 11) is 0.00439. The van der Waals surface area contributed by atoms with Gasteiger partial charge in [0.05, 0.1) is 36.0 Å². The van der Waals surface area contributed by atoms with Gasteiger partial charge in [-0.15, -0.1) is 0 Å². The standard InChI is InChI=1S/C19H24O6S/c1-4-24-18(20)15-11-14(26(22)13-9-7-6-8-10-13)12-16(23-3)17(15)19(21)25-5-2/h6-10,12,15-17H,4-5,11H2,1-3H3/t15-,16-,17-,26?/m1/s1. The minimum atomic E-state index is -1.44. The molecule has 0 N–H and O–H groups in total. The number of hydrogen-bond acceptors (Lipinski definition) is 6. The van der Waals surface area contributed by atoms with Gasteiger partial charge in [-0.05, 0) is 38.5 Å². The third kappa shape index (κ3) is 4.59. The molecule has 0 spiro atoms. The molecule has 4 atom stereocenters. The Labute approximate surface area is 156 Å². The number of hydrogen-bond donors (Lipinski definition) is 0. The van der Waals surface area contributed by atoms with Crippen molar-refractivity contribution in [2.24, 2.45) is 11.8 Å². The van der Waals surface area contributed by atoms with E-state index in [2.05, 4.69) is 0 Å². The Morgan fingerprint density at radius 3 is 2.27 bits per heavy atom. The monoisotopic (exact) mass is 380 g/mol. The molecule has 0 saturated carbocycles. The molecule has 6 nitrogen and oxygen atoms in total. The van der Waals surface area contributed by atoms with Gasteiger partial charge in [0.1, 0.15) is 5.92 Å². The fraction of sp³-hybridized carbons (Fsp3) is 0.474. The van der Waals surface area contributed by atoms with Crippen LogP contribution in [0.1, 0.15) is 20.3 Å². The first-order chi connectivity index (χ1) is 12.5. The second-order valence-corrected chi connectivity index (χ2v) is 7.29. The van der Waals surface area contributed by atoms with Crippen LogP contribution < -0.4 is 0 Å². The highest BCUT2D eigenvalue weighted by Gasteiger charge is 2.45. The molecule has 1 aliphatic rings. The zero-order valence-corrected chi connectivity index (χ0v) is 16.0. The zero-order valence-electron chi connectivity index (χ0n) is 15.2. The molecule has 0 fully saturated rings. The second kappa shape index (κ2) is 9.64. The van der Waals surface area contributed by atoms with Crippen LogP contribution in [0.3, 0.4) is 0 Å². The van der Waals surface area contributed by atoms with Gasteiger partial charge in [0, 0.05) is 16.9 Å².